The number of aromatic nitrogens is 1. The lowest BCUT2D eigenvalue weighted by Crippen LogP contribution is -1.95. The number of ether oxygens (including phenoxy) is 1. The molecular formula is C15H15NO2. The second kappa shape index (κ2) is 6.57. The molecule has 0 atom stereocenters. The number of benzene rings is 1. The van der Waals surface area contributed by atoms with Gasteiger partial charge in [0.25, 0.3) is 0 Å². The summed E-state index contributed by atoms with van der Waals surface area (Å²) >= 11 is 0. The molecule has 3 heteroatoms. The van der Waals surface area contributed by atoms with Crippen LogP contribution in [0, 0.1) is 0 Å². The molecule has 1 aromatic carbocycles. The molecule has 1 N–H and O–H groups in total. The Morgan fingerprint density at radius 3 is 2.78 bits per heavy atom. The molecule has 92 valence electrons. The second-order valence-electron chi connectivity index (χ2n) is 3.77. The highest BCUT2D eigenvalue weighted by Gasteiger charge is 1.95. The normalized spacial score (nSPS) is 10.7. The summed E-state index contributed by atoms with van der Waals surface area (Å²) in [5, 5.41) is 8.95. The van der Waals surface area contributed by atoms with E-state index in [0.717, 1.165) is 5.56 Å². The summed E-state index contributed by atoms with van der Waals surface area (Å²) in [4.78, 5) is 3.99. The van der Waals surface area contributed by atoms with Crippen molar-refractivity contribution in [3.63, 3.8) is 0 Å². The minimum atomic E-state index is -0.0724. The Bertz CT molecular complexity index is 509. The Kier molecular flexibility index (Phi) is 4.50. The van der Waals surface area contributed by atoms with Crippen LogP contribution in [0.5, 0.6) is 5.75 Å². The Balaban J connectivity index is 1.86. The smallest absolute Gasteiger partial charge is 0.123 e. The van der Waals surface area contributed by atoms with Crippen LogP contribution in [0.15, 0.2) is 54.7 Å². The van der Waals surface area contributed by atoms with Crippen LogP contribution in [0.3, 0.4) is 0 Å². The van der Waals surface area contributed by atoms with Crippen LogP contribution in [-0.4, -0.2) is 16.7 Å². The van der Waals surface area contributed by atoms with Gasteiger partial charge < -0.3 is 9.84 Å². The van der Waals surface area contributed by atoms with Gasteiger partial charge in [0.2, 0.25) is 0 Å². The van der Waals surface area contributed by atoms with Gasteiger partial charge in [-0.15, -0.1) is 0 Å². The van der Waals surface area contributed by atoms with E-state index in [9.17, 15) is 0 Å². The fourth-order valence-corrected chi connectivity index (χ4v) is 1.52. The largest absolute Gasteiger partial charge is 0.489 e. The molecule has 0 fully saturated rings. The zero-order valence-corrected chi connectivity index (χ0v) is 9.99. The summed E-state index contributed by atoms with van der Waals surface area (Å²) in [6.07, 6.45) is 5.59. The number of aliphatic hydroxyl groups is 1. The quantitative estimate of drug-likeness (QED) is 0.875. The van der Waals surface area contributed by atoms with E-state index in [-0.39, 0.29) is 6.61 Å². The Hall–Kier alpha value is -2.13. The molecule has 1 aromatic heterocycles. The van der Waals surface area contributed by atoms with Crippen LogP contribution in [-0.2, 0) is 6.61 Å². The average molecular weight is 241 g/mol. The molecule has 0 bridgehead atoms. The number of nitrogens with zero attached hydrogens (tertiary/aromatic N) is 1. The van der Waals surface area contributed by atoms with Gasteiger partial charge in [0, 0.05) is 12.3 Å². The average Bonchev–Trinajstić information content (AvgIpc) is 2.45. The van der Waals surface area contributed by atoms with Crippen LogP contribution >= 0.6 is 0 Å². The maximum absolute atomic E-state index is 8.95. The first kappa shape index (κ1) is 12.3. The molecule has 0 spiro atoms. The van der Waals surface area contributed by atoms with Crippen molar-refractivity contribution in [3.8, 4) is 5.75 Å². The number of hydrogen-bond donors (Lipinski definition) is 1. The third-order valence-corrected chi connectivity index (χ3v) is 2.41. The predicted octanol–water partition coefficient (Wildman–Crippen LogP) is 2.67. The molecule has 0 aliphatic rings. The molecular weight excluding hydrogens is 226 g/mol. The van der Waals surface area contributed by atoms with Gasteiger partial charge in [-0.05, 0) is 17.7 Å². The lowest BCUT2D eigenvalue weighted by atomic mass is 10.2. The molecule has 0 amide bonds. The summed E-state index contributed by atoms with van der Waals surface area (Å²) in [6.45, 7) is 0.417. The molecule has 3 nitrogen and oxygen atoms in total. The molecule has 0 radical (unpaired) electrons. The highest BCUT2D eigenvalue weighted by atomic mass is 16.5. The molecule has 1 heterocycles. The summed E-state index contributed by atoms with van der Waals surface area (Å²) in [5.41, 5.74) is 1.76. The Labute approximate surface area is 106 Å². The van der Waals surface area contributed by atoms with E-state index >= 15 is 0 Å². The van der Waals surface area contributed by atoms with Gasteiger partial charge in [0.05, 0.1) is 12.3 Å². The van der Waals surface area contributed by atoms with Gasteiger partial charge in [-0.1, -0.05) is 36.4 Å². The van der Waals surface area contributed by atoms with Crippen LogP contribution in [0.2, 0.25) is 0 Å². The molecule has 2 aromatic rings. The van der Waals surface area contributed by atoms with Crippen molar-refractivity contribution in [1.82, 2.24) is 4.98 Å². The topological polar surface area (TPSA) is 42.4 Å². The lowest BCUT2D eigenvalue weighted by molar-refractivity contribution is 0.275. The monoisotopic (exact) mass is 241 g/mol. The SMILES string of the molecule is OCc1cc(OC/C=C/c2ccccc2)ccn1. The van der Waals surface area contributed by atoms with Crippen LogP contribution < -0.4 is 4.74 Å². The van der Waals surface area contributed by atoms with E-state index < -0.39 is 0 Å². The maximum atomic E-state index is 8.95. The van der Waals surface area contributed by atoms with Gasteiger partial charge in [-0.3, -0.25) is 4.98 Å². The highest BCUT2D eigenvalue weighted by molar-refractivity contribution is 5.48. The standard InChI is InChI=1S/C15H15NO2/c17-12-14-11-15(8-9-16-14)18-10-4-7-13-5-2-1-3-6-13/h1-9,11,17H,10,12H2/b7-4+. The van der Waals surface area contributed by atoms with Gasteiger partial charge in [0.1, 0.15) is 12.4 Å². The van der Waals surface area contributed by atoms with Crippen molar-refractivity contribution in [2.24, 2.45) is 0 Å². The van der Waals surface area contributed by atoms with Crippen molar-refractivity contribution in [2.75, 3.05) is 6.61 Å². The summed E-state index contributed by atoms with van der Waals surface area (Å²) in [7, 11) is 0. The molecule has 0 unspecified atom stereocenters. The first-order valence-corrected chi connectivity index (χ1v) is 5.78. The van der Waals surface area contributed by atoms with Crippen molar-refractivity contribution < 1.29 is 9.84 Å². The van der Waals surface area contributed by atoms with Crippen molar-refractivity contribution in [2.45, 2.75) is 6.61 Å². The fraction of sp³-hybridized carbons (Fsp3) is 0.133. The van der Waals surface area contributed by atoms with E-state index in [1.807, 2.05) is 42.5 Å². The number of hydrogen-bond acceptors (Lipinski definition) is 3. The van der Waals surface area contributed by atoms with Crippen molar-refractivity contribution in [1.29, 1.82) is 0 Å². The first-order valence-electron chi connectivity index (χ1n) is 5.78. The Morgan fingerprint density at radius 2 is 2.00 bits per heavy atom. The van der Waals surface area contributed by atoms with Gasteiger partial charge >= 0.3 is 0 Å². The van der Waals surface area contributed by atoms with E-state index in [2.05, 4.69) is 4.98 Å². The molecule has 0 aliphatic heterocycles. The van der Waals surface area contributed by atoms with E-state index in [1.165, 1.54) is 0 Å². The Morgan fingerprint density at radius 1 is 1.17 bits per heavy atom. The fourth-order valence-electron chi connectivity index (χ4n) is 1.52. The zero-order valence-electron chi connectivity index (χ0n) is 9.99. The molecule has 0 saturated carbocycles. The van der Waals surface area contributed by atoms with Gasteiger partial charge in [-0.25, -0.2) is 0 Å². The summed E-state index contributed by atoms with van der Waals surface area (Å²) in [6, 6.07) is 13.6. The molecule has 0 aliphatic carbocycles. The molecule has 18 heavy (non-hydrogen) atoms. The minimum Gasteiger partial charge on any atom is -0.489 e. The number of pyridine rings is 1. The second-order valence-corrected chi connectivity index (χ2v) is 3.77. The van der Waals surface area contributed by atoms with Crippen LogP contribution in [0.25, 0.3) is 6.08 Å². The van der Waals surface area contributed by atoms with Crippen molar-refractivity contribution >= 4 is 6.08 Å². The molecule has 0 saturated heterocycles. The van der Waals surface area contributed by atoms with E-state index in [4.69, 9.17) is 9.84 Å². The number of rotatable bonds is 5. The zero-order chi connectivity index (χ0) is 12.6. The third kappa shape index (κ3) is 3.71. The van der Waals surface area contributed by atoms with Crippen LogP contribution in [0.4, 0.5) is 0 Å². The van der Waals surface area contributed by atoms with E-state index in [1.54, 1.807) is 18.3 Å². The maximum Gasteiger partial charge on any atom is 0.123 e. The van der Waals surface area contributed by atoms with E-state index in [0.29, 0.717) is 18.1 Å². The van der Waals surface area contributed by atoms with Gasteiger partial charge in [-0.2, -0.15) is 0 Å². The predicted molar refractivity (Wildman–Crippen MR) is 71.1 cm³/mol. The number of aliphatic hydroxyl groups excluding tert-OH is 1. The lowest BCUT2D eigenvalue weighted by Gasteiger charge is -2.03. The highest BCUT2D eigenvalue weighted by Crippen LogP contribution is 2.11. The third-order valence-electron chi connectivity index (χ3n) is 2.41. The van der Waals surface area contributed by atoms with Crippen molar-refractivity contribution in [3.05, 3.63) is 66.0 Å². The first-order chi connectivity index (χ1) is 8.88. The summed E-state index contributed by atoms with van der Waals surface area (Å²) < 4.78 is 5.53. The van der Waals surface area contributed by atoms with Gasteiger partial charge in [0.15, 0.2) is 0 Å². The minimum absolute atomic E-state index is 0.0724. The molecule has 2 rings (SSSR count). The summed E-state index contributed by atoms with van der Waals surface area (Å²) in [5.74, 6) is 0.715. The van der Waals surface area contributed by atoms with Crippen LogP contribution in [0.1, 0.15) is 11.3 Å².